The van der Waals surface area contributed by atoms with E-state index in [0.29, 0.717) is 6.42 Å². The zero-order valence-electron chi connectivity index (χ0n) is 20.0. The highest BCUT2D eigenvalue weighted by molar-refractivity contribution is 5.98. The van der Waals surface area contributed by atoms with E-state index in [0.717, 1.165) is 27.8 Å². The lowest BCUT2D eigenvalue weighted by molar-refractivity contribution is -0.145. The zero-order valence-corrected chi connectivity index (χ0v) is 20.0. The SMILES string of the molecule is COC(=O)[C@H](Cc1cccc(C)c1)NC(=O)C(c1ccccc1)(c1ccccc1)c1ccccc1. The van der Waals surface area contributed by atoms with Crippen LogP contribution in [0.1, 0.15) is 27.8 Å². The van der Waals surface area contributed by atoms with Crippen LogP contribution in [0, 0.1) is 6.92 Å². The number of amides is 1. The minimum absolute atomic E-state index is 0.288. The summed E-state index contributed by atoms with van der Waals surface area (Å²) in [6.07, 6.45) is 0.328. The Kier molecular flexibility index (Phi) is 7.41. The van der Waals surface area contributed by atoms with E-state index in [1.807, 2.05) is 122 Å². The third-order valence-electron chi connectivity index (χ3n) is 6.27. The number of rotatable bonds is 8. The molecule has 0 radical (unpaired) electrons. The van der Waals surface area contributed by atoms with Crippen LogP contribution >= 0.6 is 0 Å². The van der Waals surface area contributed by atoms with E-state index in [-0.39, 0.29) is 5.91 Å². The summed E-state index contributed by atoms with van der Waals surface area (Å²) in [4.78, 5) is 27.3. The Balaban J connectivity index is 1.85. The van der Waals surface area contributed by atoms with Crippen molar-refractivity contribution in [1.29, 1.82) is 0 Å². The van der Waals surface area contributed by atoms with Gasteiger partial charge in [0.25, 0.3) is 0 Å². The highest BCUT2D eigenvalue weighted by Crippen LogP contribution is 2.39. The van der Waals surface area contributed by atoms with Gasteiger partial charge < -0.3 is 10.1 Å². The van der Waals surface area contributed by atoms with Gasteiger partial charge in [-0.1, -0.05) is 121 Å². The van der Waals surface area contributed by atoms with Crippen LogP contribution in [0.4, 0.5) is 0 Å². The topological polar surface area (TPSA) is 55.4 Å². The van der Waals surface area contributed by atoms with Gasteiger partial charge in [0.1, 0.15) is 11.5 Å². The highest BCUT2D eigenvalue weighted by atomic mass is 16.5. The molecule has 4 heteroatoms. The van der Waals surface area contributed by atoms with Crippen LogP contribution in [-0.4, -0.2) is 25.0 Å². The van der Waals surface area contributed by atoms with Crippen LogP contribution in [0.25, 0.3) is 0 Å². The van der Waals surface area contributed by atoms with Gasteiger partial charge in [-0.2, -0.15) is 0 Å². The van der Waals surface area contributed by atoms with E-state index in [9.17, 15) is 9.59 Å². The molecule has 0 aliphatic heterocycles. The van der Waals surface area contributed by atoms with E-state index in [4.69, 9.17) is 4.74 Å². The summed E-state index contributed by atoms with van der Waals surface area (Å²) in [7, 11) is 1.34. The van der Waals surface area contributed by atoms with E-state index in [1.54, 1.807) is 0 Å². The highest BCUT2D eigenvalue weighted by Gasteiger charge is 2.45. The van der Waals surface area contributed by atoms with Gasteiger partial charge in [0.05, 0.1) is 7.11 Å². The number of ether oxygens (including phenoxy) is 1. The third-order valence-corrected chi connectivity index (χ3v) is 6.27. The maximum absolute atomic E-state index is 14.4. The first-order valence-electron chi connectivity index (χ1n) is 11.7. The molecule has 0 aromatic heterocycles. The summed E-state index contributed by atoms with van der Waals surface area (Å²) in [5, 5.41) is 3.06. The summed E-state index contributed by atoms with van der Waals surface area (Å²) < 4.78 is 5.09. The molecule has 4 aromatic rings. The number of carbonyl (C=O) groups excluding carboxylic acids is 2. The van der Waals surface area contributed by atoms with E-state index < -0.39 is 17.4 Å². The Bertz CT molecular complexity index is 1170. The normalized spacial score (nSPS) is 11.9. The third kappa shape index (κ3) is 5.02. The quantitative estimate of drug-likeness (QED) is 0.288. The second kappa shape index (κ2) is 10.8. The molecule has 0 unspecified atom stereocenters. The molecule has 0 spiro atoms. The van der Waals surface area contributed by atoms with Gasteiger partial charge in [0.2, 0.25) is 5.91 Å². The van der Waals surface area contributed by atoms with Crippen molar-refractivity contribution in [1.82, 2.24) is 5.32 Å². The number of methoxy groups -OCH3 is 1. The van der Waals surface area contributed by atoms with E-state index in [2.05, 4.69) is 5.32 Å². The molecule has 4 nitrogen and oxygen atoms in total. The monoisotopic (exact) mass is 463 g/mol. The van der Waals surface area contributed by atoms with Crippen LogP contribution in [0.3, 0.4) is 0 Å². The van der Waals surface area contributed by atoms with Gasteiger partial charge in [-0.3, -0.25) is 4.79 Å². The minimum Gasteiger partial charge on any atom is -0.467 e. The number of hydrogen-bond donors (Lipinski definition) is 1. The Morgan fingerprint density at radius 1 is 0.743 bits per heavy atom. The van der Waals surface area contributed by atoms with Crippen molar-refractivity contribution in [2.75, 3.05) is 7.11 Å². The Morgan fingerprint density at radius 2 is 1.23 bits per heavy atom. The molecular weight excluding hydrogens is 434 g/mol. The molecule has 4 aromatic carbocycles. The summed E-state index contributed by atoms with van der Waals surface area (Å²) in [5.41, 5.74) is 3.31. The van der Waals surface area contributed by atoms with Crippen LogP contribution in [0.2, 0.25) is 0 Å². The van der Waals surface area contributed by atoms with Gasteiger partial charge in [0, 0.05) is 6.42 Å². The molecule has 0 saturated heterocycles. The lowest BCUT2D eigenvalue weighted by atomic mass is 9.68. The lowest BCUT2D eigenvalue weighted by Gasteiger charge is -2.35. The number of aryl methyl sites for hydroxylation is 1. The minimum atomic E-state index is -1.16. The fourth-order valence-corrected chi connectivity index (χ4v) is 4.63. The lowest BCUT2D eigenvalue weighted by Crippen LogP contribution is -2.52. The Labute approximate surface area is 206 Å². The van der Waals surface area contributed by atoms with Crippen LogP contribution in [-0.2, 0) is 26.2 Å². The molecular formula is C31H29NO3. The molecule has 1 N–H and O–H groups in total. The van der Waals surface area contributed by atoms with Gasteiger partial charge in [-0.25, -0.2) is 4.79 Å². The summed E-state index contributed by atoms with van der Waals surface area (Å²) in [6, 6.07) is 36.1. The second-order valence-corrected chi connectivity index (χ2v) is 8.59. The number of nitrogens with one attached hydrogen (secondary N) is 1. The summed E-state index contributed by atoms with van der Waals surface area (Å²) in [5.74, 6) is -0.771. The number of benzene rings is 4. The van der Waals surface area contributed by atoms with Gasteiger partial charge in [-0.15, -0.1) is 0 Å². The molecule has 0 bridgehead atoms. The molecule has 176 valence electrons. The molecule has 1 amide bonds. The first-order chi connectivity index (χ1) is 17.1. The van der Waals surface area contributed by atoms with Gasteiger partial charge in [-0.05, 0) is 29.2 Å². The number of carbonyl (C=O) groups is 2. The maximum atomic E-state index is 14.4. The Morgan fingerprint density at radius 3 is 1.66 bits per heavy atom. The van der Waals surface area contributed by atoms with Crippen LogP contribution < -0.4 is 5.32 Å². The van der Waals surface area contributed by atoms with Gasteiger partial charge in [0.15, 0.2) is 0 Å². The predicted molar refractivity (Wildman–Crippen MR) is 138 cm³/mol. The molecule has 0 aliphatic carbocycles. The van der Waals surface area contributed by atoms with Crippen molar-refractivity contribution >= 4 is 11.9 Å². The van der Waals surface area contributed by atoms with Crippen LogP contribution in [0.5, 0.6) is 0 Å². The fourth-order valence-electron chi connectivity index (χ4n) is 4.63. The smallest absolute Gasteiger partial charge is 0.328 e. The maximum Gasteiger partial charge on any atom is 0.328 e. The first kappa shape index (κ1) is 24.0. The number of esters is 1. The molecule has 1 atom stereocenters. The number of hydrogen-bond acceptors (Lipinski definition) is 3. The molecule has 35 heavy (non-hydrogen) atoms. The zero-order chi connectivity index (χ0) is 24.7. The fraction of sp³-hybridized carbons (Fsp3) is 0.161. The summed E-state index contributed by atoms with van der Waals surface area (Å²) in [6.45, 7) is 2.00. The standard InChI is InChI=1S/C31H29NO3/c1-23-13-12-14-24(21-23)22-28(29(33)35-2)32-30(34)31(25-15-6-3-7-16-25,26-17-8-4-9-18-26)27-19-10-5-11-20-27/h3-21,28H,22H2,1-2H3,(H,32,34)/t28-/m0/s1. The average Bonchev–Trinajstić information content (AvgIpc) is 2.90. The summed E-state index contributed by atoms with van der Waals surface area (Å²) >= 11 is 0. The second-order valence-electron chi connectivity index (χ2n) is 8.59. The molecule has 0 aliphatic rings. The average molecular weight is 464 g/mol. The van der Waals surface area contributed by atoms with Crippen molar-refractivity contribution in [2.45, 2.75) is 24.8 Å². The Hall–Kier alpha value is -4.18. The van der Waals surface area contributed by atoms with Crippen LogP contribution in [0.15, 0.2) is 115 Å². The van der Waals surface area contributed by atoms with E-state index in [1.165, 1.54) is 7.11 Å². The first-order valence-corrected chi connectivity index (χ1v) is 11.7. The largest absolute Gasteiger partial charge is 0.467 e. The van der Waals surface area contributed by atoms with Gasteiger partial charge >= 0.3 is 5.97 Å². The van der Waals surface area contributed by atoms with Crippen molar-refractivity contribution < 1.29 is 14.3 Å². The van der Waals surface area contributed by atoms with Crippen molar-refractivity contribution in [3.8, 4) is 0 Å². The van der Waals surface area contributed by atoms with Crippen molar-refractivity contribution in [3.05, 3.63) is 143 Å². The van der Waals surface area contributed by atoms with Crippen molar-refractivity contribution in [3.63, 3.8) is 0 Å². The molecule has 4 rings (SSSR count). The van der Waals surface area contributed by atoms with Crippen molar-refractivity contribution in [2.24, 2.45) is 0 Å². The predicted octanol–water partition coefficient (Wildman–Crippen LogP) is 5.23. The molecule has 0 heterocycles. The van der Waals surface area contributed by atoms with E-state index >= 15 is 0 Å². The molecule has 0 saturated carbocycles. The molecule has 0 fully saturated rings.